The maximum Gasteiger partial charge on any atom is 0.231 e. The number of aromatic nitrogens is 1. The molecule has 0 spiro atoms. The van der Waals surface area contributed by atoms with Gasteiger partial charge in [0, 0.05) is 18.3 Å². The number of hydrogen-bond donors (Lipinski definition) is 0. The zero-order valence-electron chi connectivity index (χ0n) is 11.8. The molecule has 0 unspecified atom stereocenters. The van der Waals surface area contributed by atoms with E-state index < -0.39 is 0 Å². The van der Waals surface area contributed by atoms with Crippen molar-refractivity contribution in [3.63, 3.8) is 0 Å². The first-order valence-electron chi connectivity index (χ1n) is 6.74. The normalized spacial score (nSPS) is 12.7. The molecule has 0 N–H and O–H groups in total. The highest BCUT2D eigenvalue weighted by Gasteiger charge is 2.17. The zero-order valence-corrected chi connectivity index (χ0v) is 11.8. The summed E-state index contributed by atoms with van der Waals surface area (Å²) in [5, 5.41) is 0. The molecule has 0 bridgehead atoms. The third kappa shape index (κ3) is 3.20. The molecular formula is C16H16N2O3. The number of rotatable bonds is 5. The van der Waals surface area contributed by atoms with E-state index in [-0.39, 0.29) is 12.6 Å². The van der Waals surface area contributed by atoms with Crippen molar-refractivity contribution < 1.29 is 14.3 Å². The number of likely N-dealkylation sites (N-methyl/N-ethyl adjacent to an activating group) is 1. The second-order valence-corrected chi connectivity index (χ2v) is 4.98. The van der Waals surface area contributed by atoms with Crippen molar-refractivity contribution in [2.45, 2.75) is 6.54 Å². The van der Waals surface area contributed by atoms with Crippen LogP contribution in [0.3, 0.4) is 0 Å². The fraction of sp³-hybridized carbons (Fsp3) is 0.250. The summed E-state index contributed by atoms with van der Waals surface area (Å²) in [7, 11) is 1.90. The molecule has 0 radical (unpaired) electrons. The predicted octanol–water partition coefficient (Wildman–Crippen LogP) is 2.12. The van der Waals surface area contributed by atoms with Crippen LogP contribution in [0.5, 0.6) is 11.5 Å². The minimum Gasteiger partial charge on any atom is -0.454 e. The molecule has 108 valence electrons. The number of ether oxygens (including phenoxy) is 2. The van der Waals surface area contributed by atoms with Gasteiger partial charge >= 0.3 is 0 Å². The summed E-state index contributed by atoms with van der Waals surface area (Å²) in [6.45, 7) is 1.18. The summed E-state index contributed by atoms with van der Waals surface area (Å²) in [5.41, 5.74) is 1.57. The molecule has 1 aromatic heterocycles. The summed E-state index contributed by atoms with van der Waals surface area (Å²) < 4.78 is 10.5. The van der Waals surface area contributed by atoms with Crippen LogP contribution in [0.15, 0.2) is 42.6 Å². The van der Waals surface area contributed by atoms with Crippen LogP contribution in [0, 0.1) is 0 Å². The quantitative estimate of drug-likeness (QED) is 0.787. The lowest BCUT2D eigenvalue weighted by atomic mass is 10.1. The Kier molecular flexibility index (Phi) is 3.83. The third-order valence-corrected chi connectivity index (χ3v) is 3.27. The number of nitrogens with zero attached hydrogens (tertiary/aromatic N) is 2. The molecule has 3 rings (SSSR count). The van der Waals surface area contributed by atoms with E-state index in [1.807, 2.05) is 30.1 Å². The van der Waals surface area contributed by atoms with Gasteiger partial charge in [0.1, 0.15) is 0 Å². The molecular weight excluding hydrogens is 268 g/mol. The van der Waals surface area contributed by atoms with Crippen molar-refractivity contribution in [2.75, 3.05) is 20.4 Å². The molecule has 5 heteroatoms. The lowest BCUT2D eigenvalue weighted by molar-refractivity contribution is 0.0942. The molecule has 0 aliphatic carbocycles. The smallest absolute Gasteiger partial charge is 0.231 e. The Morgan fingerprint density at radius 3 is 2.90 bits per heavy atom. The van der Waals surface area contributed by atoms with Crippen LogP contribution in [0.25, 0.3) is 0 Å². The highest BCUT2D eigenvalue weighted by Crippen LogP contribution is 2.32. The first kappa shape index (κ1) is 13.6. The SMILES string of the molecule is CN(CC(=O)c1ccc2c(c1)OCO2)Cc1ccccn1. The third-order valence-electron chi connectivity index (χ3n) is 3.27. The largest absolute Gasteiger partial charge is 0.454 e. The first-order valence-corrected chi connectivity index (χ1v) is 6.74. The number of hydrogen-bond acceptors (Lipinski definition) is 5. The Hall–Kier alpha value is -2.40. The Balaban J connectivity index is 1.63. The van der Waals surface area contributed by atoms with Crippen LogP contribution in [-0.2, 0) is 6.54 Å². The van der Waals surface area contributed by atoms with Crippen LogP contribution in [-0.4, -0.2) is 36.1 Å². The van der Waals surface area contributed by atoms with Crippen LogP contribution >= 0.6 is 0 Å². The molecule has 2 aromatic rings. The van der Waals surface area contributed by atoms with Crippen molar-refractivity contribution >= 4 is 5.78 Å². The van der Waals surface area contributed by atoms with E-state index in [4.69, 9.17) is 9.47 Å². The van der Waals surface area contributed by atoms with Gasteiger partial charge in [-0.1, -0.05) is 6.07 Å². The number of carbonyl (C=O) groups excluding carboxylic acids is 1. The van der Waals surface area contributed by atoms with Crippen LogP contribution < -0.4 is 9.47 Å². The van der Waals surface area contributed by atoms with Gasteiger partial charge < -0.3 is 9.47 Å². The molecule has 0 atom stereocenters. The van der Waals surface area contributed by atoms with Gasteiger partial charge in [0.05, 0.1) is 12.2 Å². The van der Waals surface area contributed by atoms with Crippen molar-refractivity contribution in [3.05, 3.63) is 53.9 Å². The second kappa shape index (κ2) is 5.93. The van der Waals surface area contributed by atoms with Gasteiger partial charge in [-0.2, -0.15) is 0 Å². The minimum atomic E-state index is 0.0479. The Morgan fingerprint density at radius 2 is 2.10 bits per heavy atom. The number of pyridine rings is 1. The number of Topliss-reactive ketones (excluding diaryl/α,β-unsaturated/α-hetero) is 1. The molecule has 5 nitrogen and oxygen atoms in total. The van der Waals surface area contributed by atoms with Gasteiger partial charge in [0.2, 0.25) is 6.79 Å². The maximum absolute atomic E-state index is 12.3. The molecule has 0 fully saturated rings. The predicted molar refractivity (Wildman–Crippen MR) is 77.5 cm³/mol. The average Bonchev–Trinajstić information content (AvgIpc) is 2.95. The molecule has 21 heavy (non-hydrogen) atoms. The van der Waals surface area contributed by atoms with E-state index >= 15 is 0 Å². The molecule has 0 amide bonds. The molecule has 1 aromatic carbocycles. The Labute approximate surface area is 123 Å². The lowest BCUT2D eigenvalue weighted by Gasteiger charge is -2.15. The summed E-state index contributed by atoms with van der Waals surface area (Å²) in [4.78, 5) is 18.5. The number of benzene rings is 1. The molecule has 1 aliphatic rings. The molecule has 0 saturated carbocycles. The number of ketones is 1. The highest BCUT2D eigenvalue weighted by atomic mass is 16.7. The van der Waals surface area contributed by atoms with Crippen LogP contribution in [0.4, 0.5) is 0 Å². The lowest BCUT2D eigenvalue weighted by Crippen LogP contribution is -2.26. The van der Waals surface area contributed by atoms with Gasteiger partial charge in [0.15, 0.2) is 17.3 Å². The van der Waals surface area contributed by atoms with E-state index in [2.05, 4.69) is 4.98 Å². The average molecular weight is 284 g/mol. The number of carbonyl (C=O) groups is 1. The van der Waals surface area contributed by atoms with E-state index in [1.54, 1.807) is 24.4 Å². The standard InChI is InChI=1S/C16H16N2O3/c1-18(9-13-4-2-3-7-17-13)10-14(19)12-5-6-15-16(8-12)21-11-20-15/h2-8H,9-11H2,1H3. The van der Waals surface area contributed by atoms with Gasteiger partial charge in [-0.3, -0.25) is 14.7 Å². The van der Waals surface area contributed by atoms with Crippen molar-refractivity contribution in [1.29, 1.82) is 0 Å². The van der Waals surface area contributed by atoms with Gasteiger partial charge in [-0.05, 0) is 37.4 Å². The van der Waals surface area contributed by atoms with Crippen LogP contribution in [0.1, 0.15) is 16.1 Å². The Morgan fingerprint density at radius 1 is 1.24 bits per heavy atom. The van der Waals surface area contributed by atoms with Crippen molar-refractivity contribution in [2.24, 2.45) is 0 Å². The van der Waals surface area contributed by atoms with E-state index in [1.165, 1.54) is 0 Å². The fourth-order valence-corrected chi connectivity index (χ4v) is 2.23. The summed E-state index contributed by atoms with van der Waals surface area (Å²) in [6, 6.07) is 11.0. The summed E-state index contributed by atoms with van der Waals surface area (Å²) in [5.74, 6) is 1.37. The number of fused-ring (bicyclic) bond motifs is 1. The van der Waals surface area contributed by atoms with Crippen molar-refractivity contribution in [3.8, 4) is 11.5 Å². The molecule has 1 aliphatic heterocycles. The van der Waals surface area contributed by atoms with Crippen LogP contribution in [0.2, 0.25) is 0 Å². The monoisotopic (exact) mass is 284 g/mol. The fourth-order valence-electron chi connectivity index (χ4n) is 2.23. The first-order chi connectivity index (χ1) is 10.2. The van der Waals surface area contributed by atoms with Gasteiger partial charge in [-0.15, -0.1) is 0 Å². The molecule has 0 saturated heterocycles. The highest BCUT2D eigenvalue weighted by molar-refractivity contribution is 5.98. The van der Waals surface area contributed by atoms with Crippen molar-refractivity contribution in [1.82, 2.24) is 9.88 Å². The van der Waals surface area contributed by atoms with Gasteiger partial charge in [-0.25, -0.2) is 0 Å². The van der Waals surface area contributed by atoms with Gasteiger partial charge in [0.25, 0.3) is 0 Å². The van der Waals surface area contributed by atoms with E-state index in [0.717, 1.165) is 5.69 Å². The zero-order chi connectivity index (χ0) is 14.7. The minimum absolute atomic E-state index is 0.0479. The van der Waals surface area contributed by atoms with E-state index in [0.29, 0.717) is 30.2 Å². The van der Waals surface area contributed by atoms with E-state index in [9.17, 15) is 4.79 Å². The molecule has 2 heterocycles. The topological polar surface area (TPSA) is 51.7 Å². The maximum atomic E-state index is 12.3. The summed E-state index contributed by atoms with van der Waals surface area (Å²) >= 11 is 0. The second-order valence-electron chi connectivity index (χ2n) is 4.98. The summed E-state index contributed by atoms with van der Waals surface area (Å²) in [6.07, 6.45) is 1.75. The Bertz CT molecular complexity index is 643.